The fourth-order valence-electron chi connectivity index (χ4n) is 2.43. The van der Waals surface area contributed by atoms with E-state index < -0.39 is 18.0 Å². The van der Waals surface area contributed by atoms with Crippen molar-refractivity contribution in [3.05, 3.63) is 52.2 Å². The van der Waals surface area contributed by atoms with Gasteiger partial charge < -0.3 is 15.4 Å². The number of carbonyl (C=O) groups is 3. The van der Waals surface area contributed by atoms with E-state index in [1.165, 1.54) is 18.3 Å². The van der Waals surface area contributed by atoms with Crippen molar-refractivity contribution in [2.75, 3.05) is 11.9 Å². The molecular formula is C20H24N2O4S. The number of esters is 1. The number of thiophene rings is 1. The molecule has 1 aromatic heterocycles. The van der Waals surface area contributed by atoms with Crippen LogP contribution in [-0.4, -0.2) is 30.4 Å². The van der Waals surface area contributed by atoms with Crippen molar-refractivity contribution in [1.29, 1.82) is 0 Å². The van der Waals surface area contributed by atoms with Gasteiger partial charge in [-0.3, -0.25) is 14.4 Å². The Morgan fingerprint density at radius 1 is 1.11 bits per heavy atom. The molecule has 1 heterocycles. The van der Waals surface area contributed by atoms with E-state index in [9.17, 15) is 14.4 Å². The number of hydrogen-bond donors (Lipinski definition) is 2. The minimum Gasteiger partial charge on any atom is -0.451 e. The van der Waals surface area contributed by atoms with Crippen molar-refractivity contribution in [1.82, 2.24) is 5.32 Å². The summed E-state index contributed by atoms with van der Waals surface area (Å²) in [4.78, 5) is 36.6. The van der Waals surface area contributed by atoms with E-state index in [-0.39, 0.29) is 12.5 Å². The summed E-state index contributed by atoms with van der Waals surface area (Å²) >= 11 is 1.28. The van der Waals surface area contributed by atoms with Gasteiger partial charge in [-0.2, -0.15) is 0 Å². The van der Waals surface area contributed by atoms with Gasteiger partial charge >= 0.3 is 5.97 Å². The molecule has 0 radical (unpaired) electrons. The fraction of sp³-hybridized carbons (Fsp3) is 0.350. The van der Waals surface area contributed by atoms with E-state index in [0.29, 0.717) is 16.5 Å². The second kappa shape index (κ2) is 9.87. The first kappa shape index (κ1) is 20.6. The van der Waals surface area contributed by atoms with Crippen LogP contribution in [0.2, 0.25) is 0 Å². The molecule has 2 N–H and O–H groups in total. The monoisotopic (exact) mass is 388 g/mol. The van der Waals surface area contributed by atoms with Crippen molar-refractivity contribution in [3.63, 3.8) is 0 Å². The zero-order valence-corrected chi connectivity index (χ0v) is 16.5. The zero-order valence-electron chi connectivity index (χ0n) is 15.7. The molecular weight excluding hydrogens is 364 g/mol. The minimum atomic E-state index is -0.971. The molecule has 2 aromatic rings. The summed E-state index contributed by atoms with van der Waals surface area (Å²) in [7, 11) is 0. The Kier molecular flexibility index (Phi) is 7.55. The summed E-state index contributed by atoms with van der Waals surface area (Å²) in [5.41, 5.74) is 1.75. The number of para-hydroxylation sites is 1. The highest BCUT2D eigenvalue weighted by Crippen LogP contribution is 2.26. The van der Waals surface area contributed by atoms with Gasteiger partial charge in [-0.05, 0) is 42.3 Å². The summed E-state index contributed by atoms with van der Waals surface area (Å²) in [6.07, 6.45) is -0.0254. The third-order valence-electron chi connectivity index (χ3n) is 4.18. The smallest absolute Gasteiger partial charge is 0.326 e. The van der Waals surface area contributed by atoms with Crippen LogP contribution in [0.4, 0.5) is 5.69 Å². The lowest BCUT2D eigenvalue weighted by atomic mass is 9.97. The van der Waals surface area contributed by atoms with Crippen LogP contribution in [0.5, 0.6) is 0 Å². The molecule has 2 amide bonds. The molecule has 144 valence electrons. The Balaban J connectivity index is 1.86. The topological polar surface area (TPSA) is 84.5 Å². The van der Waals surface area contributed by atoms with E-state index in [1.807, 2.05) is 24.3 Å². The van der Waals surface area contributed by atoms with E-state index in [1.54, 1.807) is 17.5 Å². The number of carbonyl (C=O) groups excluding carboxylic acids is 3. The Morgan fingerprint density at radius 3 is 2.52 bits per heavy atom. The number of amides is 2. The van der Waals surface area contributed by atoms with Crippen molar-refractivity contribution < 1.29 is 19.1 Å². The van der Waals surface area contributed by atoms with Crippen LogP contribution in [-0.2, 0) is 14.3 Å². The van der Waals surface area contributed by atoms with Crippen molar-refractivity contribution in [2.45, 2.75) is 39.2 Å². The SMILES string of the molecule is CC[C@@H](C)c1ccccc1NC(=O)[C@@H](C)OC(=O)CNC(=O)c1cccs1. The maximum Gasteiger partial charge on any atom is 0.326 e. The highest BCUT2D eigenvalue weighted by atomic mass is 32.1. The number of ether oxygens (including phenoxy) is 1. The van der Waals surface area contributed by atoms with Gasteiger partial charge in [0, 0.05) is 5.69 Å². The third-order valence-corrected chi connectivity index (χ3v) is 5.05. The van der Waals surface area contributed by atoms with E-state index in [4.69, 9.17) is 4.74 Å². The maximum atomic E-state index is 12.4. The van der Waals surface area contributed by atoms with Crippen LogP contribution in [0, 0.1) is 0 Å². The van der Waals surface area contributed by atoms with Gasteiger partial charge in [-0.1, -0.05) is 38.1 Å². The van der Waals surface area contributed by atoms with Crippen LogP contribution in [0.3, 0.4) is 0 Å². The molecule has 0 unspecified atom stereocenters. The molecule has 7 heteroatoms. The largest absolute Gasteiger partial charge is 0.451 e. The molecule has 2 rings (SSSR count). The summed E-state index contributed by atoms with van der Waals surface area (Å²) in [5.74, 6) is -1.13. The van der Waals surface area contributed by atoms with Gasteiger partial charge in [-0.15, -0.1) is 11.3 Å². The second-order valence-electron chi connectivity index (χ2n) is 6.18. The van der Waals surface area contributed by atoms with Gasteiger partial charge in [-0.25, -0.2) is 0 Å². The number of benzene rings is 1. The molecule has 6 nitrogen and oxygen atoms in total. The Bertz CT molecular complexity index is 789. The molecule has 0 saturated carbocycles. The Morgan fingerprint density at radius 2 is 1.85 bits per heavy atom. The second-order valence-corrected chi connectivity index (χ2v) is 7.13. The summed E-state index contributed by atoms with van der Waals surface area (Å²) in [6, 6.07) is 11.0. The predicted octanol–water partition coefficient (Wildman–Crippen LogP) is 3.56. The average molecular weight is 388 g/mol. The molecule has 27 heavy (non-hydrogen) atoms. The zero-order chi connectivity index (χ0) is 19.8. The maximum absolute atomic E-state index is 12.4. The molecule has 0 saturated heterocycles. The lowest BCUT2D eigenvalue weighted by Crippen LogP contribution is -2.35. The van der Waals surface area contributed by atoms with Crippen LogP contribution >= 0.6 is 11.3 Å². The molecule has 0 fully saturated rings. The first-order valence-electron chi connectivity index (χ1n) is 8.83. The molecule has 1 aromatic carbocycles. The van der Waals surface area contributed by atoms with Gasteiger partial charge in [0.05, 0.1) is 4.88 Å². The molecule has 0 aliphatic heterocycles. The first-order chi connectivity index (χ1) is 12.9. The van der Waals surface area contributed by atoms with Gasteiger partial charge in [0.15, 0.2) is 6.10 Å². The third kappa shape index (κ3) is 5.92. The summed E-state index contributed by atoms with van der Waals surface area (Å²) in [5, 5.41) is 7.07. The first-order valence-corrected chi connectivity index (χ1v) is 9.71. The molecule has 0 aliphatic rings. The normalized spacial score (nSPS) is 12.7. The van der Waals surface area contributed by atoms with Gasteiger partial charge in [0.25, 0.3) is 11.8 Å². The Labute approximate surface area is 162 Å². The van der Waals surface area contributed by atoms with E-state index in [0.717, 1.165) is 12.0 Å². The highest BCUT2D eigenvalue weighted by molar-refractivity contribution is 7.12. The Hall–Kier alpha value is -2.67. The molecule has 0 bridgehead atoms. The average Bonchev–Trinajstić information content (AvgIpc) is 3.20. The van der Waals surface area contributed by atoms with Crippen molar-refractivity contribution in [2.24, 2.45) is 0 Å². The summed E-state index contributed by atoms with van der Waals surface area (Å²) < 4.78 is 5.12. The standard InChI is InChI=1S/C20H24N2O4S/c1-4-13(2)15-8-5-6-9-16(15)22-19(24)14(3)26-18(23)12-21-20(25)17-10-7-11-27-17/h5-11,13-14H,4,12H2,1-3H3,(H,21,25)(H,22,24)/t13-,14-/m1/s1. The van der Waals surface area contributed by atoms with Crippen molar-refractivity contribution in [3.8, 4) is 0 Å². The van der Waals surface area contributed by atoms with Crippen LogP contribution < -0.4 is 10.6 Å². The minimum absolute atomic E-state index is 0.294. The van der Waals surface area contributed by atoms with Crippen LogP contribution in [0.1, 0.15) is 48.3 Å². The van der Waals surface area contributed by atoms with Crippen LogP contribution in [0.15, 0.2) is 41.8 Å². The van der Waals surface area contributed by atoms with E-state index >= 15 is 0 Å². The summed E-state index contributed by atoms with van der Waals surface area (Å²) in [6.45, 7) is 5.38. The lowest BCUT2D eigenvalue weighted by Gasteiger charge is -2.18. The number of nitrogens with one attached hydrogen (secondary N) is 2. The molecule has 0 aliphatic carbocycles. The fourth-order valence-corrected chi connectivity index (χ4v) is 3.07. The van der Waals surface area contributed by atoms with Gasteiger partial charge in [0.2, 0.25) is 0 Å². The van der Waals surface area contributed by atoms with Gasteiger partial charge in [0.1, 0.15) is 6.54 Å². The number of anilines is 1. The van der Waals surface area contributed by atoms with E-state index in [2.05, 4.69) is 24.5 Å². The predicted molar refractivity (Wildman–Crippen MR) is 106 cm³/mol. The molecule has 2 atom stereocenters. The van der Waals surface area contributed by atoms with Crippen molar-refractivity contribution >= 4 is 34.8 Å². The number of rotatable bonds is 8. The molecule has 0 spiro atoms. The lowest BCUT2D eigenvalue weighted by molar-refractivity contribution is -0.152. The van der Waals surface area contributed by atoms with Crippen LogP contribution in [0.25, 0.3) is 0 Å². The number of hydrogen-bond acceptors (Lipinski definition) is 5. The highest BCUT2D eigenvalue weighted by Gasteiger charge is 2.20. The quantitative estimate of drug-likeness (QED) is 0.677.